The molecule has 0 atom stereocenters. The Morgan fingerprint density at radius 1 is 0.786 bits per heavy atom. The number of H-pyrrole nitrogens is 1. The lowest BCUT2D eigenvalue weighted by Gasteiger charge is -2.00. The van der Waals surface area contributed by atoms with Gasteiger partial charge in [-0.15, -0.1) is 0 Å². The minimum atomic E-state index is -0.986. The summed E-state index contributed by atoms with van der Waals surface area (Å²) in [6.45, 7) is 0. The summed E-state index contributed by atoms with van der Waals surface area (Å²) in [5.41, 5.74) is 2.60. The Morgan fingerprint density at radius 2 is 1.36 bits per heavy atom. The van der Waals surface area contributed by atoms with Gasteiger partial charge in [0.2, 0.25) is 0 Å². The van der Waals surface area contributed by atoms with Crippen LogP contribution >= 0.6 is 0 Å². The summed E-state index contributed by atoms with van der Waals surface area (Å²) in [5, 5.41) is 17.8. The van der Waals surface area contributed by atoms with Gasteiger partial charge in [-0.3, -0.25) is 5.10 Å². The zero-order chi connectivity index (χ0) is 19.6. The molecule has 0 unspecified atom stereocenters. The van der Waals surface area contributed by atoms with Gasteiger partial charge in [0.1, 0.15) is 0 Å². The van der Waals surface area contributed by atoms with Crippen LogP contribution in [0, 0.1) is 0 Å². The average Bonchev–Trinajstić information content (AvgIpc) is 3.10. The SMILES string of the molecule is O=C(O)C1=C\c2cccc3[nH]nc(c23)\C=C/C=C\C=C/C=C\C=C/C=C\C=C/1. The number of benzene rings is 1. The molecule has 0 saturated heterocycles. The summed E-state index contributed by atoms with van der Waals surface area (Å²) >= 11 is 0. The van der Waals surface area contributed by atoms with Crippen molar-refractivity contribution in [3.63, 3.8) is 0 Å². The van der Waals surface area contributed by atoms with E-state index in [9.17, 15) is 9.90 Å². The van der Waals surface area contributed by atoms with E-state index in [0.29, 0.717) is 0 Å². The van der Waals surface area contributed by atoms with Gasteiger partial charge in [-0.25, -0.2) is 4.79 Å². The average molecular weight is 368 g/mol. The van der Waals surface area contributed by atoms with E-state index in [1.807, 2.05) is 85.0 Å². The summed E-state index contributed by atoms with van der Waals surface area (Å²) in [6, 6.07) is 5.68. The molecule has 1 aliphatic rings. The molecule has 4 nitrogen and oxygen atoms in total. The number of carboxylic acid groups (broad SMARTS) is 1. The van der Waals surface area contributed by atoms with E-state index in [1.165, 1.54) is 0 Å². The third-order valence-electron chi connectivity index (χ3n) is 3.96. The maximum absolute atomic E-state index is 11.7. The fraction of sp³-hybridized carbons (Fsp3) is 0. The number of hydrogen-bond acceptors (Lipinski definition) is 2. The zero-order valence-corrected chi connectivity index (χ0v) is 15.2. The molecule has 2 N–H and O–H groups in total. The van der Waals surface area contributed by atoms with E-state index < -0.39 is 5.97 Å². The summed E-state index contributed by atoms with van der Waals surface area (Å²) in [7, 11) is 0. The topological polar surface area (TPSA) is 66.0 Å². The number of nitrogens with one attached hydrogen (secondary N) is 1. The first-order chi connectivity index (χ1) is 13.8. The first-order valence-corrected chi connectivity index (χ1v) is 8.86. The predicted molar refractivity (Wildman–Crippen MR) is 116 cm³/mol. The highest BCUT2D eigenvalue weighted by atomic mass is 16.4. The van der Waals surface area contributed by atoms with Crippen molar-refractivity contribution in [1.82, 2.24) is 10.2 Å². The first kappa shape index (κ1) is 18.9. The molecule has 28 heavy (non-hydrogen) atoms. The largest absolute Gasteiger partial charge is 0.478 e. The van der Waals surface area contributed by atoms with Crippen LogP contribution in [0.2, 0.25) is 0 Å². The molecular formula is C24H20N2O2. The fourth-order valence-electron chi connectivity index (χ4n) is 2.66. The quantitative estimate of drug-likeness (QED) is 0.709. The molecule has 0 amide bonds. The highest BCUT2D eigenvalue weighted by Crippen LogP contribution is 2.24. The summed E-state index contributed by atoms with van der Waals surface area (Å²) < 4.78 is 0. The molecule has 0 spiro atoms. The molecule has 0 aliphatic heterocycles. The van der Waals surface area contributed by atoms with Crippen LogP contribution in [0.15, 0.2) is 103 Å². The van der Waals surface area contributed by atoms with Crippen molar-refractivity contribution < 1.29 is 9.90 Å². The number of nitrogens with zero attached hydrogens (tertiary/aromatic N) is 1. The highest BCUT2D eigenvalue weighted by molar-refractivity contribution is 6.00. The van der Waals surface area contributed by atoms with Crippen LogP contribution in [0.25, 0.3) is 23.1 Å². The first-order valence-electron chi connectivity index (χ1n) is 8.86. The molecule has 1 heterocycles. The Hall–Kier alpha value is -3.92. The van der Waals surface area contributed by atoms with E-state index in [0.717, 1.165) is 22.2 Å². The summed E-state index contributed by atoms with van der Waals surface area (Å²) in [6.07, 6.45) is 27.8. The van der Waals surface area contributed by atoms with Crippen LogP contribution < -0.4 is 0 Å². The van der Waals surface area contributed by atoms with E-state index in [2.05, 4.69) is 10.2 Å². The van der Waals surface area contributed by atoms with E-state index in [-0.39, 0.29) is 5.57 Å². The predicted octanol–water partition coefficient (Wildman–Crippen LogP) is 5.39. The van der Waals surface area contributed by atoms with Gasteiger partial charge in [-0.2, -0.15) is 5.10 Å². The molecule has 0 bridgehead atoms. The van der Waals surface area contributed by atoms with Crippen LogP contribution in [-0.2, 0) is 4.79 Å². The monoisotopic (exact) mass is 368 g/mol. The lowest BCUT2D eigenvalue weighted by molar-refractivity contribution is -0.132. The molecule has 0 fully saturated rings. The van der Waals surface area contributed by atoms with Crippen molar-refractivity contribution in [2.75, 3.05) is 0 Å². The van der Waals surface area contributed by atoms with E-state index in [1.54, 1.807) is 24.3 Å². The molecule has 4 heteroatoms. The van der Waals surface area contributed by atoms with Gasteiger partial charge in [-0.1, -0.05) is 85.0 Å². The van der Waals surface area contributed by atoms with Crippen molar-refractivity contribution in [2.24, 2.45) is 0 Å². The summed E-state index contributed by atoms with van der Waals surface area (Å²) in [4.78, 5) is 11.7. The molecule has 2 aromatic rings. The van der Waals surface area contributed by atoms with Gasteiger partial charge in [0, 0.05) is 5.39 Å². The third kappa shape index (κ3) is 5.05. The molecule has 0 saturated carbocycles. The number of rotatable bonds is 1. The number of aromatic nitrogens is 2. The molecule has 3 rings (SSSR count). The smallest absolute Gasteiger partial charge is 0.335 e. The van der Waals surface area contributed by atoms with Crippen molar-refractivity contribution in [2.45, 2.75) is 0 Å². The fourth-order valence-corrected chi connectivity index (χ4v) is 2.66. The van der Waals surface area contributed by atoms with E-state index in [4.69, 9.17) is 0 Å². The molecular weight excluding hydrogens is 348 g/mol. The molecule has 1 aliphatic carbocycles. The second-order valence-corrected chi connectivity index (χ2v) is 5.93. The maximum Gasteiger partial charge on any atom is 0.335 e. The third-order valence-corrected chi connectivity index (χ3v) is 3.96. The van der Waals surface area contributed by atoms with Gasteiger partial charge < -0.3 is 5.11 Å². The standard InChI is InChI=1S/C24H20N2O2/c27-24(28)20-14-11-9-7-5-3-1-2-4-6-8-10-12-16-21-23-19(18-20)15-13-17-22(23)26-25-21/h1-18H,(H,25,26)(H,27,28)/b2-1-,5-3-,6-4-,9-7-,10-8-,14-11-,16-12-,20-18+. The molecule has 0 radical (unpaired) electrons. The van der Waals surface area contributed by atoms with Crippen LogP contribution in [0.4, 0.5) is 0 Å². The second kappa shape index (κ2) is 9.69. The van der Waals surface area contributed by atoms with Gasteiger partial charge >= 0.3 is 5.97 Å². The lowest BCUT2D eigenvalue weighted by Crippen LogP contribution is -1.97. The van der Waals surface area contributed by atoms with Crippen molar-refractivity contribution >= 4 is 29.0 Å². The van der Waals surface area contributed by atoms with Crippen LogP contribution in [0.5, 0.6) is 0 Å². The Labute approximate surface area is 163 Å². The molecule has 1 aromatic heterocycles. The normalized spacial score (nSPS) is 24.5. The van der Waals surface area contributed by atoms with Crippen molar-refractivity contribution in [3.8, 4) is 0 Å². The number of aliphatic carboxylic acids is 1. The van der Waals surface area contributed by atoms with Gasteiger partial charge in [-0.05, 0) is 29.9 Å². The van der Waals surface area contributed by atoms with Gasteiger partial charge in [0.05, 0.1) is 16.8 Å². The lowest BCUT2D eigenvalue weighted by atomic mass is 10.0. The molecule has 1 aromatic carbocycles. The number of aromatic amines is 1. The number of hydrogen-bond donors (Lipinski definition) is 2. The van der Waals surface area contributed by atoms with E-state index >= 15 is 0 Å². The van der Waals surface area contributed by atoms with Crippen molar-refractivity contribution in [1.29, 1.82) is 0 Å². The molecule has 138 valence electrons. The van der Waals surface area contributed by atoms with Gasteiger partial charge in [0.25, 0.3) is 0 Å². The zero-order valence-electron chi connectivity index (χ0n) is 15.2. The number of carboxylic acids is 1. The maximum atomic E-state index is 11.7. The van der Waals surface area contributed by atoms with Crippen LogP contribution in [0.1, 0.15) is 11.3 Å². The van der Waals surface area contributed by atoms with Crippen LogP contribution in [0.3, 0.4) is 0 Å². The minimum absolute atomic E-state index is 0.194. The Balaban J connectivity index is 2.10. The van der Waals surface area contributed by atoms with Crippen LogP contribution in [-0.4, -0.2) is 21.3 Å². The second-order valence-electron chi connectivity index (χ2n) is 5.93. The number of allylic oxidation sites excluding steroid dienone is 12. The Bertz CT molecular complexity index is 1090. The Morgan fingerprint density at radius 3 is 1.96 bits per heavy atom. The van der Waals surface area contributed by atoms with Gasteiger partial charge in [0.15, 0.2) is 0 Å². The minimum Gasteiger partial charge on any atom is -0.478 e. The highest BCUT2D eigenvalue weighted by Gasteiger charge is 2.09. The van der Waals surface area contributed by atoms with Crippen molar-refractivity contribution in [3.05, 3.63) is 114 Å². The summed E-state index contributed by atoms with van der Waals surface area (Å²) in [5.74, 6) is -0.986. The Kier molecular flexibility index (Phi) is 6.53. The number of carbonyl (C=O) groups is 1.